The van der Waals surface area contributed by atoms with Crippen LogP contribution in [0.5, 0.6) is 0 Å². The van der Waals surface area contributed by atoms with Gasteiger partial charge < -0.3 is 5.32 Å². The van der Waals surface area contributed by atoms with E-state index in [4.69, 9.17) is 0 Å². The lowest BCUT2D eigenvalue weighted by Crippen LogP contribution is -2.25. The van der Waals surface area contributed by atoms with Crippen LogP contribution in [0.1, 0.15) is 50.6 Å². The second-order valence-corrected chi connectivity index (χ2v) is 6.63. The van der Waals surface area contributed by atoms with E-state index in [2.05, 4.69) is 24.0 Å². The first-order valence-corrected chi connectivity index (χ1v) is 8.45. The smallest absolute Gasteiger partial charge is 0.123 e. The molecule has 0 bridgehead atoms. The van der Waals surface area contributed by atoms with Gasteiger partial charge in [0, 0.05) is 17.0 Å². The summed E-state index contributed by atoms with van der Waals surface area (Å²) >= 11 is 2.06. The third-order valence-corrected chi connectivity index (χ3v) is 5.16. The Balaban J connectivity index is 1.94. The minimum Gasteiger partial charge on any atom is -0.309 e. The second kappa shape index (κ2) is 7.91. The number of rotatable bonds is 7. The Kier molecular flexibility index (Phi) is 6.18. The van der Waals surface area contributed by atoms with E-state index in [0.29, 0.717) is 0 Å². The molecule has 1 fully saturated rings. The fourth-order valence-electron chi connectivity index (χ4n) is 2.60. The van der Waals surface area contributed by atoms with Crippen LogP contribution in [-0.4, -0.2) is 17.5 Å². The van der Waals surface area contributed by atoms with Crippen LogP contribution in [0.3, 0.4) is 0 Å². The molecule has 1 N–H and O–H groups in total. The number of thioether (sulfide) groups is 1. The van der Waals surface area contributed by atoms with E-state index in [1.807, 2.05) is 12.1 Å². The fraction of sp³-hybridized carbons (Fsp3) is 0.625. The van der Waals surface area contributed by atoms with Crippen LogP contribution in [0.4, 0.5) is 4.39 Å². The number of nitrogens with one attached hydrogen (secondary N) is 1. The Bertz CT molecular complexity index is 377. The Morgan fingerprint density at radius 2 is 2.16 bits per heavy atom. The van der Waals surface area contributed by atoms with Crippen molar-refractivity contribution in [3.05, 3.63) is 35.6 Å². The molecule has 1 aromatic rings. The van der Waals surface area contributed by atoms with E-state index in [1.54, 1.807) is 6.07 Å². The van der Waals surface area contributed by atoms with Crippen LogP contribution < -0.4 is 5.32 Å². The summed E-state index contributed by atoms with van der Waals surface area (Å²) in [6, 6.07) is 7.31. The minimum absolute atomic E-state index is 0.133. The SMILES string of the molecule is CCCNC(CSC1CCCC1)c1cccc(F)c1. The maximum atomic E-state index is 13.4. The van der Waals surface area contributed by atoms with Gasteiger partial charge in [0.1, 0.15) is 5.82 Å². The molecule has 106 valence electrons. The standard InChI is InChI=1S/C16H24FNS/c1-2-10-18-16(12-19-15-8-3-4-9-15)13-6-5-7-14(17)11-13/h5-7,11,15-16,18H,2-4,8-10,12H2,1H3. The highest BCUT2D eigenvalue weighted by Gasteiger charge is 2.18. The molecule has 0 heterocycles. The van der Waals surface area contributed by atoms with Crippen molar-refractivity contribution in [2.24, 2.45) is 0 Å². The first-order valence-electron chi connectivity index (χ1n) is 7.40. The van der Waals surface area contributed by atoms with Gasteiger partial charge in [-0.1, -0.05) is 31.9 Å². The van der Waals surface area contributed by atoms with Crippen LogP contribution in [0.25, 0.3) is 0 Å². The van der Waals surface area contributed by atoms with E-state index in [0.717, 1.165) is 29.5 Å². The van der Waals surface area contributed by atoms with Gasteiger partial charge in [-0.15, -0.1) is 0 Å². The Morgan fingerprint density at radius 3 is 2.84 bits per heavy atom. The predicted molar refractivity (Wildman–Crippen MR) is 82.1 cm³/mol. The van der Waals surface area contributed by atoms with Crippen molar-refractivity contribution in [1.29, 1.82) is 0 Å². The first-order chi connectivity index (χ1) is 9.29. The third kappa shape index (κ3) is 4.81. The van der Waals surface area contributed by atoms with Gasteiger partial charge in [-0.25, -0.2) is 4.39 Å². The summed E-state index contributed by atoms with van der Waals surface area (Å²) in [4.78, 5) is 0. The van der Waals surface area contributed by atoms with Crippen LogP contribution in [0.15, 0.2) is 24.3 Å². The Morgan fingerprint density at radius 1 is 1.37 bits per heavy atom. The monoisotopic (exact) mass is 281 g/mol. The van der Waals surface area contributed by atoms with Gasteiger partial charge in [0.05, 0.1) is 0 Å². The number of hydrogen-bond acceptors (Lipinski definition) is 2. The number of hydrogen-bond donors (Lipinski definition) is 1. The van der Waals surface area contributed by atoms with E-state index in [1.165, 1.54) is 31.7 Å². The Hall–Kier alpha value is -0.540. The highest BCUT2D eigenvalue weighted by molar-refractivity contribution is 7.99. The number of halogens is 1. The summed E-state index contributed by atoms with van der Waals surface area (Å²) in [7, 11) is 0. The van der Waals surface area contributed by atoms with Gasteiger partial charge in [0.15, 0.2) is 0 Å². The van der Waals surface area contributed by atoms with Crippen LogP contribution in [0.2, 0.25) is 0 Å². The largest absolute Gasteiger partial charge is 0.309 e. The molecule has 1 unspecified atom stereocenters. The Labute approximate surface area is 120 Å². The van der Waals surface area contributed by atoms with E-state index >= 15 is 0 Å². The molecule has 0 saturated heterocycles. The normalized spacial score (nSPS) is 17.8. The molecule has 1 aliphatic rings. The van der Waals surface area contributed by atoms with E-state index < -0.39 is 0 Å². The molecular formula is C16H24FNS. The van der Waals surface area contributed by atoms with Crippen LogP contribution in [0, 0.1) is 5.82 Å². The fourth-order valence-corrected chi connectivity index (χ4v) is 4.04. The predicted octanol–water partition coefficient (Wildman–Crippen LogP) is 4.54. The van der Waals surface area contributed by atoms with E-state index in [9.17, 15) is 4.39 Å². The maximum absolute atomic E-state index is 13.4. The molecule has 0 radical (unpaired) electrons. The van der Waals surface area contributed by atoms with Gasteiger partial charge in [0.2, 0.25) is 0 Å². The van der Waals surface area contributed by atoms with Crippen LogP contribution in [-0.2, 0) is 0 Å². The average molecular weight is 281 g/mol. The molecule has 0 spiro atoms. The van der Waals surface area contributed by atoms with Gasteiger partial charge in [-0.2, -0.15) is 11.8 Å². The van der Waals surface area contributed by atoms with Crippen molar-refractivity contribution in [2.75, 3.05) is 12.3 Å². The summed E-state index contributed by atoms with van der Waals surface area (Å²) in [6.45, 7) is 3.16. The quantitative estimate of drug-likeness (QED) is 0.787. The zero-order chi connectivity index (χ0) is 13.5. The molecule has 0 aromatic heterocycles. The lowest BCUT2D eigenvalue weighted by atomic mass is 10.1. The molecule has 0 amide bonds. The van der Waals surface area contributed by atoms with Gasteiger partial charge in [-0.3, -0.25) is 0 Å². The lowest BCUT2D eigenvalue weighted by Gasteiger charge is -2.20. The third-order valence-electron chi connectivity index (χ3n) is 3.69. The van der Waals surface area contributed by atoms with Crippen molar-refractivity contribution in [1.82, 2.24) is 5.32 Å². The van der Waals surface area contributed by atoms with Crippen molar-refractivity contribution in [2.45, 2.75) is 50.3 Å². The maximum Gasteiger partial charge on any atom is 0.123 e. The summed E-state index contributed by atoms with van der Waals surface area (Å²) in [5, 5.41) is 4.37. The highest BCUT2D eigenvalue weighted by atomic mass is 32.2. The van der Waals surface area contributed by atoms with Crippen molar-refractivity contribution in [3.8, 4) is 0 Å². The molecule has 1 nitrogen and oxygen atoms in total. The van der Waals surface area contributed by atoms with Crippen molar-refractivity contribution >= 4 is 11.8 Å². The molecular weight excluding hydrogens is 257 g/mol. The van der Waals surface area contributed by atoms with Crippen molar-refractivity contribution < 1.29 is 4.39 Å². The molecule has 3 heteroatoms. The molecule has 0 aliphatic heterocycles. The number of benzene rings is 1. The summed E-state index contributed by atoms with van der Waals surface area (Å²) < 4.78 is 13.4. The first kappa shape index (κ1) is 14.9. The highest BCUT2D eigenvalue weighted by Crippen LogP contribution is 2.32. The van der Waals surface area contributed by atoms with Gasteiger partial charge in [0.25, 0.3) is 0 Å². The molecule has 1 aliphatic carbocycles. The molecule has 1 saturated carbocycles. The summed E-state index contributed by atoms with van der Waals surface area (Å²) in [6.07, 6.45) is 6.58. The average Bonchev–Trinajstić information content (AvgIpc) is 2.92. The molecule has 2 rings (SSSR count). The second-order valence-electron chi connectivity index (χ2n) is 5.30. The van der Waals surface area contributed by atoms with Crippen LogP contribution >= 0.6 is 11.8 Å². The molecule has 19 heavy (non-hydrogen) atoms. The zero-order valence-corrected chi connectivity index (χ0v) is 12.5. The zero-order valence-electron chi connectivity index (χ0n) is 11.7. The molecule has 1 atom stereocenters. The topological polar surface area (TPSA) is 12.0 Å². The van der Waals surface area contributed by atoms with Gasteiger partial charge >= 0.3 is 0 Å². The molecule has 1 aromatic carbocycles. The van der Waals surface area contributed by atoms with E-state index in [-0.39, 0.29) is 11.9 Å². The summed E-state index contributed by atoms with van der Waals surface area (Å²) in [5.41, 5.74) is 1.08. The van der Waals surface area contributed by atoms with Crippen molar-refractivity contribution in [3.63, 3.8) is 0 Å². The van der Waals surface area contributed by atoms with Gasteiger partial charge in [-0.05, 0) is 43.5 Å². The lowest BCUT2D eigenvalue weighted by molar-refractivity contribution is 0.567. The summed E-state index contributed by atoms with van der Waals surface area (Å²) in [5.74, 6) is 0.917. The minimum atomic E-state index is -0.133.